The maximum atomic E-state index is 12.7. The number of aliphatic hydroxyl groups is 1. The van der Waals surface area contributed by atoms with Gasteiger partial charge in [-0.3, -0.25) is 9.59 Å². The topological polar surface area (TPSA) is 72.8 Å². The quantitative estimate of drug-likeness (QED) is 0.136. The third-order valence-electron chi connectivity index (χ3n) is 12.3. The maximum absolute atomic E-state index is 12.7. The number of nitrogens with zero attached hydrogens (tertiary/aromatic N) is 1. The number of ether oxygens (including phenoxy) is 2. The van der Waals surface area contributed by atoms with Crippen LogP contribution in [0, 0.1) is 46.3 Å². The van der Waals surface area contributed by atoms with E-state index in [0.717, 1.165) is 54.8 Å². The highest BCUT2D eigenvalue weighted by atomic mass is 16.5. The molecule has 3 fully saturated rings. The minimum atomic E-state index is -0.716. The Morgan fingerprint density at radius 2 is 1.70 bits per heavy atom. The predicted octanol–water partition coefficient (Wildman–Crippen LogP) is 7.33. The van der Waals surface area contributed by atoms with Crippen LogP contribution in [0.2, 0.25) is 0 Å². The summed E-state index contributed by atoms with van der Waals surface area (Å²) in [6.07, 6.45) is 15.5. The van der Waals surface area contributed by atoms with Crippen LogP contribution in [0.3, 0.4) is 0 Å². The first-order chi connectivity index (χ1) is 20.1. The van der Waals surface area contributed by atoms with Crippen molar-refractivity contribution >= 4 is 11.9 Å². The van der Waals surface area contributed by atoms with E-state index >= 15 is 0 Å². The highest BCUT2D eigenvalue weighted by Gasteiger charge is 2.59. The molecule has 3 saturated carbocycles. The van der Waals surface area contributed by atoms with Gasteiger partial charge in [0.25, 0.3) is 0 Å². The average Bonchev–Trinajstić information content (AvgIpc) is 3.27. The van der Waals surface area contributed by atoms with Gasteiger partial charge in [0.15, 0.2) is 0 Å². The number of allylic oxidation sites excluding steroid dienone is 1. The van der Waals surface area contributed by atoms with Crippen molar-refractivity contribution in [2.45, 2.75) is 130 Å². The van der Waals surface area contributed by atoms with E-state index in [9.17, 15) is 14.7 Å². The second kappa shape index (κ2) is 13.9. The number of rotatable bonds is 13. The minimum Gasteiger partial charge on any atom is -0.463 e. The van der Waals surface area contributed by atoms with Gasteiger partial charge in [0.05, 0.1) is 34.0 Å². The van der Waals surface area contributed by atoms with Crippen LogP contribution in [0.5, 0.6) is 0 Å². The fraction of sp³-hybridized carbons (Fsp3) is 0.892. The highest BCUT2D eigenvalue weighted by molar-refractivity contribution is 5.77. The summed E-state index contributed by atoms with van der Waals surface area (Å²) in [5.41, 5.74) is 2.24. The average molecular weight is 603 g/mol. The van der Waals surface area contributed by atoms with Crippen molar-refractivity contribution in [3.8, 4) is 0 Å². The Morgan fingerprint density at radius 3 is 2.40 bits per heavy atom. The number of carbonyl (C=O) groups excluding carboxylic acids is 2. The van der Waals surface area contributed by atoms with Gasteiger partial charge < -0.3 is 19.1 Å². The third kappa shape index (κ3) is 8.26. The van der Waals surface area contributed by atoms with E-state index in [1.54, 1.807) is 0 Å². The number of likely N-dealkylation sites (N-methyl/N-ethyl adjacent to an activating group) is 1. The van der Waals surface area contributed by atoms with E-state index in [2.05, 4.69) is 40.7 Å². The van der Waals surface area contributed by atoms with Crippen molar-refractivity contribution < 1.29 is 28.7 Å². The lowest BCUT2D eigenvalue weighted by Crippen LogP contribution is -2.51. The lowest BCUT2D eigenvalue weighted by Gasteiger charge is -2.58. The molecule has 0 aromatic carbocycles. The summed E-state index contributed by atoms with van der Waals surface area (Å²) in [6.45, 7) is 12.9. The number of hydrogen-bond acceptors (Lipinski definition) is 5. The first kappa shape index (κ1) is 34.5. The molecule has 43 heavy (non-hydrogen) atoms. The summed E-state index contributed by atoms with van der Waals surface area (Å²) in [7, 11) is 5.92. The Bertz CT molecular complexity index is 999. The first-order valence-electron chi connectivity index (χ1n) is 17.7. The Kier molecular flexibility index (Phi) is 11.2. The highest BCUT2D eigenvalue weighted by Crippen LogP contribution is 2.67. The lowest BCUT2D eigenvalue weighted by atomic mass is 9.47. The fourth-order valence-electron chi connectivity index (χ4n) is 10.1. The van der Waals surface area contributed by atoms with Gasteiger partial charge in [-0.25, -0.2) is 0 Å². The van der Waals surface area contributed by atoms with Gasteiger partial charge >= 0.3 is 11.9 Å². The minimum absolute atomic E-state index is 0.00962. The van der Waals surface area contributed by atoms with Gasteiger partial charge in [-0.2, -0.15) is 0 Å². The molecule has 0 aromatic heterocycles. The van der Waals surface area contributed by atoms with Crippen LogP contribution in [0.15, 0.2) is 11.6 Å². The Morgan fingerprint density at radius 1 is 0.977 bits per heavy atom. The zero-order valence-corrected chi connectivity index (χ0v) is 28.8. The molecule has 0 saturated heterocycles. The molecule has 1 N–H and O–H groups in total. The molecule has 0 spiro atoms. The van der Waals surface area contributed by atoms with Crippen LogP contribution in [0.25, 0.3) is 0 Å². The Hall–Kier alpha value is -1.40. The van der Waals surface area contributed by atoms with E-state index in [4.69, 9.17) is 9.47 Å². The van der Waals surface area contributed by atoms with Gasteiger partial charge in [-0.1, -0.05) is 65.5 Å². The molecule has 0 heterocycles. The molecule has 246 valence electrons. The third-order valence-corrected chi connectivity index (χ3v) is 12.3. The number of hydrogen-bond donors (Lipinski definition) is 1. The summed E-state index contributed by atoms with van der Waals surface area (Å²) < 4.78 is 11.7. The SMILES string of the molecule is CC(C)CCC[C@@H](C)[C@H]1CC[C@H]2[C@@H]3CC=C4C[C@@H](OC(=O)CCC(=O)OCC(O)C[N+](C)(C)C)CC[C@]4(C)[C@H]3CC[C@]12C. The van der Waals surface area contributed by atoms with Crippen molar-refractivity contribution in [1.29, 1.82) is 0 Å². The van der Waals surface area contributed by atoms with Crippen LogP contribution >= 0.6 is 0 Å². The number of esters is 2. The molecular formula is C37H64NO5+. The van der Waals surface area contributed by atoms with Crippen LogP contribution in [-0.4, -0.2) is 68.0 Å². The number of aliphatic hydroxyl groups excluding tert-OH is 1. The molecule has 4 rings (SSSR count). The summed E-state index contributed by atoms with van der Waals surface area (Å²) in [4.78, 5) is 24.8. The molecule has 1 unspecified atom stereocenters. The number of carbonyl (C=O) groups is 2. The van der Waals surface area contributed by atoms with Crippen molar-refractivity contribution in [3.05, 3.63) is 11.6 Å². The summed E-state index contributed by atoms with van der Waals surface area (Å²) in [5.74, 6) is 4.14. The monoisotopic (exact) mass is 602 g/mol. The van der Waals surface area contributed by atoms with Crippen molar-refractivity contribution in [2.24, 2.45) is 46.3 Å². The van der Waals surface area contributed by atoms with E-state index in [-0.39, 0.29) is 36.9 Å². The van der Waals surface area contributed by atoms with E-state index in [1.807, 2.05) is 21.1 Å². The molecule has 0 aliphatic heterocycles. The van der Waals surface area contributed by atoms with E-state index in [0.29, 0.717) is 16.4 Å². The first-order valence-corrected chi connectivity index (χ1v) is 17.7. The predicted molar refractivity (Wildman–Crippen MR) is 172 cm³/mol. The van der Waals surface area contributed by atoms with E-state index < -0.39 is 12.1 Å². The van der Waals surface area contributed by atoms with Crippen LogP contribution in [0.4, 0.5) is 0 Å². The normalized spacial score (nSPS) is 35.3. The van der Waals surface area contributed by atoms with Gasteiger partial charge in [0.1, 0.15) is 25.4 Å². The van der Waals surface area contributed by atoms with Crippen LogP contribution < -0.4 is 0 Å². The van der Waals surface area contributed by atoms with Gasteiger partial charge in [-0.15, -0.1) is 0 Å². The van der Waals surface area contributed by atoms with Crippen LogP contribution in [-0.2, 0) is 19.1 Å². The molecule has 9 atom stereocenters. The number of quaternary nitrogens is 1. The Labute approximate surface area is 262 Å². The summed E-state index contributed by atoms with van der Waals surface area (Å²) in [6, 6.07) is 0. The van der Waals surface area contributed by atoms with Gasteiger partial charge in [0.2, 0.25) is 0 Å². The maximum Gasteiger partial charge on any atom is 0.306 e. The molecule has 0 radical (unpaired) electrons. The van der Waals surface area contributed by atoms with Gasteiger partial charge in [0, 0.05) is 6.42 Å². The zero-order chi connectivity index (χ0) is 31.6. The smallest absolute Gasteiger partial charge is 0.306 e. The lowest BCUT2D eigenvalue weighted by molar-refractivity contribution is -0.873. The molecule has 6 nitrogen and oxygen atoms in total. The molecule has 0 aromatic rings. The summed E-state index contributed by atoms with van der Waals surface area (Å²) in [5, 5.41) is 10.1. The molecule has 4 aliphatic rings. The van der Waals surface area contributed by atoms with Crippen LogP contribution in [0.1, 0.15) is 118 Å². The van der Waals surface area contributed by atoms with Crippen molar-refractivity contribution in [2.75, 3.05) is 34.3 Å². The van der Waals surface area contributed by atoms with Crippen molar-refractivity contribution in [1.82, 2.24) is 0 Å². The second-order valence-electron chi connectivity index (χ2n) is 17.0. The Balaban J connectivity index is 1.27. The zero-order valence-electron chi connectivity index (χ0n) is 28.8. The molecule has 6 heteroatoms. The van der Waals surface area contributed by atoms with Crippen molar-refractivity contribution in [3.63, 3.8) is 0 Å². The second-order valence-corrected chi connectivity index (χ2v) is 17.0. The summed E-state index contributed by atoms with van der Waals surface area (Å²) >= 11 is 0. The van der Waals surface area contributed by atoms with E-state index in [1.165, 1.54) is 56.9 Å². The fourth-order valence-corrected chi connectivity index (χ4v) is 10.1. The van der Waals surface area contributed by atoms with Gasteiger partial charge in [-0.05, 0) is 91.3 Å². The molecule has 0 amide bonds. The molecular weight excluding hydrogens is 538 g/mol. The largest absolute Gasteiger partial charge is 0.463 e. The molecule has 4 aliphatic carbocycles. The molecule has 0 bridgehead atoms. The standard InChI is InChI=1S/C37H64NO5/c1-25(2)10-9-11-26(3)31-14-15-32-30-13-12-27-22-29(18-20-36(27,4)33(30)19-21-37(31,32)5)43-35(41)17-16-34(40)42-24-28(39)23-38(6,7)8/h12,25-26,28-33,39H,9-11,13-24H2,1-8H3/q+1/t26-,28?,29+,30+,31-,32+,33+,36+,37-/m1/s1. The number of fused-ring (bicyclic) bond motifs is 5.